The summed E-state index contributed by atoms with van der Waals surface area (Å²) in [5.41, 5.74) is 4.15. The van der Waals surface area contributed by atoms with Gasteiger partial charge in [-0.15, -0.1) is 11.6 Å². The minimum Gasteiger partial charge on any atom is -0.744 e. The van der Waals surface area contributed by atoms with Crippen LogP contribution < -0.4 is 21.3 Å². The van der Waals surface area contributed by atoms with Gasteiger partial charge in [0.15, 0.2) is 11.3 Å². The number of ether oxygens (including phenoxy) is 2. The molecule has 0 unspecified atom stereocenters. The van der Waals surface area contributed by atoms with Crippen molar-refractivity contribution in [2.45, 2.75) is 89.1 Å². The first kappa shape index (κ1) is 51.0. The number of hydrogen-bond donors (Lipinski definition) is 5. The van der Waals surface area contributed by atoms with Crippen LogP contribution in [-0.4, -0.2) is 100 Å². The number of quaternary nitrogens is 1. The fourth-order valence-corrected chi connectivity index (χ4v) is 8.06. The Morgan fingerprint density at radius 1 is 0.864 bits per heavy atom. The third-order valence-electron chi connectivity index (χ3n) is 8.98. The van der Waals surface area contributed by atoms with E-state index in [2.05, 4.69) is 39.9 Å². The number of alkyl halides is 1. The number of nitrogens with one attached hydrogen (secondary N) is 3. The van der Waals surface area contributed by atoms with Crippen LogP contribution in [0.5, 0.6) is 0 Å². The molecule has 59 heavy (non-hydrogen) atoms. The predicted molar refractivity (Wildman–Crippen MR) is 223 cm³/mol. The third kappa shape index (κ3) is 15.4. The number of nitrogens with two attached hydrogens (primary N) is 1. The lowest BCUT2D eigenvalue weighted by Crippen LogP contribution is -3.17. The first-order chi connectivity index (χ1) is 27.7. The average molecular weight is 884 g/mol. The smallest absolute Gasteiger partial charge is 0.336 e. The second-order valence-electron chi connectivity index (χ2n) is 14.0. The quantitative estimate of drug-likeness (QED) is 0.0287. The van der Waals surface area contributed by atoms with E-state index < -0.39 is 58.4 Å². The van der Waals surface area contributed by atoms with Crippen molar-refractivity contribution in [3.8, 4) is 22.5 Å². The molecule has 19 heteroatoms. The molecule has 2 aromatic carbocycles. The lowest BCUT2D eigenvalue weighted by molar-refractivity contribution is -0.940. The molecule has 0 saturated carbocycles. The number of nitrogen functional groups attached to an aromatic ring is 1. The molecule has 0 aromatic heterocycles. The van der Waals surface area contributed by atoms with Crippen molar-refractivity contribution < 1.29 is 59.4 Å². The second kappa shape index (κ2) is 24.2. The average Bonchev–Trinajstić information content (AvgIpc) is 3.13. The Labute approximate surface area is 351 Å². The Morgan fingerprint density at radius 3 is 1.98 bits per heavy atom. The molecule has 2 aliphatic rings. The molecule has 0 saturated heterocycles. The number of carbonyl (C=O) groups excluding carboxylic acids is 1. The van der Waals surface area contributed by atoms with Crippen molar-refractivity contribution in [3.05, 3.63) is 59.5 Å². The number of unbranched alkanes of at least 4 members (excludes halogenated alkanes) is 3. The van der Waals surface area contributed by atoms with Crippen LogP contribution in [-0.2, 0) is 34.5 Å². The van der Waals surface area contributed by atoms with Crippen molar-refractivity contribution in [2.75, 3.05) is 51.1 Å². The summed E-state index contributed by atoms with van der Waals surface area (Å²) < 4.78 is 87.9. The van der Waals surface area contributed by atoms with Gasteiger partial charge in [0.2, 0.25) is 5.91 Å². The van der Waals surface area contributed by atoms with Crippen molar-refractivity contribution >= 4 is 60.4 Å². The van der Waals surface area contributed by atoms with Crippen LogP contribution in [0.1, 0.15) is 77.6 Å². The van der Waals surface area contributed by atoms with Crippen molar-refractivity contribution in [2.24, 2.45) is 0 Å². The molecule has 0 bridgehead atoms. The van der Waals surface area contributed by atoms with Gasteiger partial charge in [0.25, 0.3) is 0 Å². The number of carboxylic acids is 1. The first-order valence-electron chi connectivity index (χ1n) is 19.1. The van der Waals surface area contributed by atoms with Crippen molar-refractivity contribution in [1.82, 2.24) is 5.32 Å². The second-order valence-corrected chi connectivity index (χ2v) is 17.0. The highest BCUT2D eigenvalue weighted by Crippen LogP contribution is 2.45. The summed E-state index contributed by atoms with van der Waals surface area (Å²) in [5.74, 6) is -1.34. The minimum atomic E-state index is -5.32. The molecule has 4 rings (SSSR count). The molecular formula is C40H56ClN4O12S2-. The van der Waals surface area contributed by atoms with E-state index in [4.69, 9.17) is 36.6 Å². The fraction of sp³-hybridized carbons (Fsp3) is 0.475. The van der Waals surface area contributed by atoms with Gasteiger partial charge in [-0.3, -0.25) is 10.2 Å². The maximum absolute atomic E-state index is 12.0. The van der Waals surface area contributed by atoms with Crippen LogP contribution >= 0.6 is 11.6 Å². The van der Waals surface area contributed by atoms with E-state index in [0.717, 1.165) is 49.5 Å². The molecule has 0 atom stereocenters. The summed E-state index contributed by atoms with van der Waals surface area (Å²) in [6, 6.07) is 11.7. The lowest BCUT2D eigenvalue weighted by Gasteiger charge is -2.25. The normalized spacial score (nSPS) is 11.7. The van der Waals surface area contributed by atoms with Gasteiger partial charge < -0.3 is 44.1 Å². The Hall–Kier alpha value is -4.14. The van der Waals surface area contributed by atoms with E-state index in [1.165, 1.54) is 62.7 Å². The summed E-state index contributed by atoms with van der Waals surface area (Å²) >= 11 is 5.57. The largest absolute Gasteiger partial charge is 0.744 e. The minimum absolute atomic E-state index is 0.0156. The molecular weight excluding hydrogens is 828 g/mol. The van der Waals surface area contributed by atoms with Gasteiger partial charge in [0.05, 0.1) is 55.1 Å². The van der Waals surface area contributed by atoms with Gasteiger partial charge >= 0.3 is 5.97 Å². The van der Waals surface area contributed by atoms with Gasteiger partial charge in [0, 0.05) is 42.5 Å². The highest BCUT2D eigenvalue weighted by Gasteiger charge is 2.28. The highest BCUT2D eigenvalue weighted by molar-refractivity contribution is 7.86. The number of fused-ring (bicyclic) bond motifs is 2. The number of hydrogen-bond acceptors (Lipinski definition) is 13. The van der Waals surface area contributed by atoms with E-state index in [-0.39, 0.29) is 33.5 Å². The number of anilines is 1. The van der Waals surface area contributed by atoms with Crippen molar-refractivity contribution in [3.63, 3.8) is 0 Å². The Morgan fingerprint density at radius 2 is 1.46 bits per heavy atom. The number of benzene rings is 3. The number of amides is 1. The SMILES string of the molecule is CC(=O)NCCOCCOCCCCCCCl.CC[NH+](C(C)C)C(C)C.N=c1ccc2c(-c3ccccc3C(=O)O)c3ccc(N)c(S(=O)(=O)[O-])c3oc-2c1S(=O)(=O)[O-]. The summed E-state index contributed by atoms with van der Waals surface area (Å²) in [6.45, 7) is 17.2. The first-order valence-corrected chi connectivity index (χ1v) is 22.5. The van der Waals surface area contributed by atoms with Gasteiger partial charge in [0.1, 0.15) is 30.0 Å². The topological polar surface area (TPSA) is 267 Å². The molecule has 1 aliphatic carbocycles. The fourth-order valence-electron chi connectivity index (χ4n) is 6.42. The van der Waals surface area contributed by atoms with E-state index in [0.29, 0.717) is 26.4 Å². The Kier molecular flexibility index (Phi) is 20.9. The highest BCUT2D eigenvalue weighted by atomic mass is 35.5. The molecule has 328 valence electrons. The molecule has 1 heterocycles. The molecule has 2 aromatic rings. The van der Waals surface area contributed by atoms with Crippen LogP contribution in [0.3, 0.4) is 0 Å². The molecule has 6 N–H and O–H groups in total. The Bertz CT molecular complexity index is 2240. The number of carboxylic acid groups (broad SMARTS) is 1. The van der Waals surface area contributed by atoms with Crippen LogP contribution in [0.15, 0.2) is 62.7 Å². The van der Waals surface area contributed by atoms with Crippen molar-refractivity contribution in [1.29, 1.82) is 5.41 Å². The third-order valence-corrected chi connectivity index (χ3v) is 11.1. The molecule has 16 nitrogen and oxygen atoms in total. The summed E-state index contributed by atoms with van der Waals surface area (Å²) in [7, 11) is -10.6. The Balaban J connectivity index is 0.000000385. The monoisotopic (exact) mass is 883 g/mol. The standard InChI is InChI=1S/C20H14N2O9S2.C12H24ClNO3.C8H19N/c21-13-7-5-11-15(9-3-1-2-4-10(9)20(23)24)12-6-8-14(22)19(33(28,29)30)17(12)31-16(11)18(13)32(25,26)27;1-12(15)14-7-9-17-11-10-16-8-5-3-2-4-6-13;1-6-9(7(2)3)8(4)5/h1-8,21H,22H2,(H,23,24)(H,25,26,27)(H,28,29,30);2-11H2,1H3,(H,14,15);7-8H,6H2,1-5H3/p-1. The maximum Gasteiger partial charge on any atom is 0.336 e. The predicted octanol–water partition coefficient (Wildman–Crippen LogP) is 4.44. The van der Waals surface area contributed by atoms with E-state index in [1.807, 2.05) is 0 Å². The van der Waals surface area contributed by atoms with Crippen LogP contribution in [0.4, 0.5) is 5.69 Å². The van der Waals surface area contributed by atoms with Gasteiger partial charge in [-0.05, 0) is 83.4 Å². The zero-order valence-corrected chi connectivity index (χ0v) is 36.7. The van der Waals surface area contributed by atoms with E-state index in [9.17, 15) is 40.6 Å². The zero-order valence-electron chi connectivity index (χ0n) is 34.3. The molecule has 1 amide bonds. The molecule has 0 fully saturated rings. The van der Waals surface area contributed by atoms with Gasteiger partial charge in [-0.2, -0.15) is 0 Å². The molecule has 0 spiro atoms. The van der Waals surface area contributed by atoms with Crippen LogP contribution in [0, 0.1) is 5.41 Å². The number of carbonyl (C=O) groups is 2. The maximum atomic E-state index is 12.0. The van der Waals surface area contributed by atoms with Crippen LogP contribution in [0.25, 0.3) is 33.4 Å². The summed E-state index contributed by atoms with van der Waals surface area (Å²) in [4.78, 5) is 22.0. The zero-order chi connectivity index (χ0) is 44.5. The van der Waals surface area contributed by atoms with E-state index >= 15 is 0 Å². The van der Waals surface area contributed by atoms with Gasteiger partial charge in [-0.1, -0.05) is 31.0 Å². The van der Waals surface area contributed by atoms with Gasteiger partial charge in [-0.25, -0.2) is 21.6 Å². The summed E-state index contributed by atoms with van der Waals surface area (Å²) in [5, 5.41) is 19.4. The van der Waals surface area contributed by atoms with E-state index in [1.54, 1.807) is 4.90 Å². The summed E-state index contributed by atoms with van der Waals surface area (Å²) in [6.07, 6.45) is 4.53. The number of halogens is 1. The van der Waals surface area contributed by atoms with Crippen LogP contribution in [0.2, 0.25) is 0 Å². The molecule has 1 aliphatic heterocycles. The lowest BCUT2D eigenvalue weighted by atomic mass is 9.90. The molecule has 0 radical (unpaired) electrons. The number of rotatable bonds is 19. The number of aromatic carboxylic acids is 1.